The number of benzene rings is 1. The van der Waals surface area contributed by atoms with E-state index in [4.69, 9.17) is 0 Å². The maximum atomic E-state index is 13.1. The van der Waals surface area contributed by atoms with Crippen LogP contribution in [0, 0.1) is 5.82 Å². The third-order valence-corrected chi connectivity index (χ3v) is 3.55. The van der Waals surface area contributed by atoms with E-state index < -0.39 is 11.7 Å². The second-order valence-corrected chi connectivity index (χ2v) is 5.22. The lowest BCUT2D eigenvalue weighted by Gasteiger charge is -2.14. The first-order valence-corrected chi connectivity index (χ1v) is 7.54. The van der Waals surface area contributed by atoms with E-state index in [2.05, 4.69) is 20.8 Å². The first kappa shape index (κ1) is 16.8. The Kier molecular flexibility index (Phi) is 5.56. The molecule has 0 aliphatic carbocycles. The number of hydrogen-bond donors (Lipinski definition) is 2. The molecule has 1 heterocycles. The number of carbonyl (C=O) groups is 2. The average Bonchev–Trinajstić information content (AvgIpc) is 3.01. The number of amidine groups is 1. The average molecular weight is 318 g/mol. The topological polar surface area (TPSA) is 82.9 Å². The van der Waals surface area contributed by atoms with Crippen molar-refractivity contribution in [1.82, 2.24) is 10.6 Å². The Hall–Kier alpha value is -2.57. The predicted molar refractivity (Wildman–Crippen MR) is 85.9 cm³/mol. The molecule has 2 rings (SSSR count). The van der Waals surface area contributed by atoms with Crippen LogP contribution in [-0.4, -0.2) is 29.4 Å². The van der Waals surface area contributed by atoms with Gasteiger partial charge in [0.05, 0.1) is 6.42 Å². The summed E-state index contributed by atoms with van der Waals surface area (Å²) in [4.78, 5) is 24.0. The van der Waals surface area contributed by atoms with Crippen molar-refractivity contribution in [3.63, 3.8) is 0 Å². The summed E-state index contributed by atoms with van der Waals surface area (Å²) in [6.07, 6.45) is 1.81. The standard InChI is InChI=1S/C16H19FN4O2/c1-3-12(4-2)18-16(23)13-9-14(21-20-13)19-15(22)10-6-5-7-11(17)8-10/h5-8,12H,3-4,9H2,1-2H3,(H,18,23)(H,19,21,22). The molecule has 0 radical (unpaired) electrons. The van der Waals surface area contributed by atoms with E-state index in [1.807, 2.05) is 13.8 Å². The summed E-state index contributed by atoms with van der Waals surface area (Å²) >= 11 is 0. The highest BCUT2D eigenvalue weighted by Crippen LogP contribution is 2.06. The summed E-state index contributed by atoms with van der Waals surface area (Å²) in [7, 11) is 0. The molecular weight excluding hydrogens is 299 g/mol. The Balaban J connectivity index is 1.89. The highest BCUT2D eigenvalue weighted by molar-refractivity contribution is 6.43. The molecule has 7 heteroatoms. The number of nitrogens with one attached hydrogen (secondary N) is 2. The number of nitrogens with zero attached hydrogens (tertiary/aromatic N) is 2. The molecule has 1 aromatic rings. The Labute approximate surface area is 133 Å². The maximum Gasteiger partial charge on any atom is 0.268 e. The van der Waals surface area contributed by atoms with E-state index in [0.717, 1.165) is 18.9 Å². The lowest BCUT2D eigenvalue weighted by atomic mass is 10.1. The lowest BCUT2D eigenvalue weighted by Crippen LogP contribution is -2.39. The number of hydrogen-bond acceptors (Lipinski definition) is 4. The highest BCUT2D eigenvalue weighted by Gasteiger charge is 2.22. The Morgan fingerprint density at radius 3 is 2.61 bits per heavy atom. The summed E-state index contributed by atoms with van der Waals surface area (Å²) in [5.41, 5.74) is 0.439. The SMILES string of the molecule is CCC(CC)NC(=O)C1=NN=C(NC(=O)c2cccc(F)c2)C1. The van der Waals surface area contributed by atoms with Crippen LogP contribution in [0.15, 0.2) is 34.5 Å². The van der Waals surface area contributed by atoms with Crippen molar-refractivity contribution in [3.05, 3.63) is 35.6 Å². The van der Waals surface area contributed by atoms with Crippen molar-refractivity contribution < 1.29 is 14.0 Å². The predicted octanol–water partition coefficient (Wildman–Crippen LogP) is 2.02. The maximum absolute atomic E-state index is 13.1. The molecular formula is C16H19FN4O2. The molecule has 0 saturated heterocycles. The van der Waals surface area contributed by atoms with E-state index in [9.17, 15) is 14.0 Å². The number of rotatable bonds is 5. The van der Waals surface area contributed by atoms with Gasteiger partial charge < -0.3 is 10.6 Å². The molecule has 0 atom stereocenters. The van der Waals surface area contributed by atoms with Gasteiger partial charge in [0, 0.05) is 11.6 Å². The molecule has 0 saturated carbocycles. The Bertz CT molecular complexity index is 666. The molecule has 23 heavy (non-hydrogen) atoms. The van der Waals surface area contributed by atoms with Gasteiger partial charge in [-0.25, -0.2) is 4.39 Å². The van der Waals surface area contributed by atoms with E-state index >= 15 is 0 Å². The van der Waals surface area contributed by atoms with Crippen LogP contribution in [0.5, 0.6) is 0 Å². The molecule has 2 N–H and O–H groups in total. The Morgan fingerprint density at radius 2 is 1.96 bits per heavy atom. The minimum atomic E-state index is -0.493. The number of carbonyl (C=O) groups excluding carboxylic acids is 2. The second kappa shape index (κ2) is 7.62. The van der Waals surface area contributed by atoms with E-state index in [-0.39, 0.29) is 35.5 Å². The van der Waals surface area contributed by atoms with E-state index in [1.165, 1.54) is 18.2 Å². The van der Waals surface area contributed by atoms with Crippen LogP contribution in [0.25, 0.3) is 0 Å². The molecule has 0 fully saturated rings. The minimum absolute atomic E-state index is 0.0936. The van der Waals surface area contributed by atoms with Crippen LogP contribution in [0.1, 0.15) is 43.5 Å². The fourth-order valence-corrected chi connectivity index (χ4v) is 2.14. The quantitative estimate of drug-likeness (QED) is 0.870. The van der Waals surface area contributed by atoms with Gasteiger partial charge in [0.15, 0.2) is 0 Å². The van der Waals surface area contributed by atoms with Crippen molar-refractivity contribution in [2.75, 3.05) is 0 Å². The zero-order chi connectivity index (χ0) is 16.8. The largest absolute Gasteiger partial charge is 0.348 e. The fraction of sp³-hybridized carbons (Fsp3) is 0.375. The fourth-order valence-electron chi connectivity index (χ4n) is 2.14. The van der Waals surface area contributed by atoms with Crippen LogP contribution in [0.4, 0.5) is 4.39 Å². The van der Waals surface area contributed by atoms with Crippen LogP contribution in [-0.2, 0) is 4.79 Å². The molecule has 1 aliphatic rings. The second-order valence-electron chi connectivity index (χ2n) is 5.22. The molecule has 0 unspecified atom stereocenters. The van der Waals surface area contributed by atoms with Crippen molar-refractivity contribution in [3.8, 4) is 0 Å². The van der Waals surface area contributed by atoms with E-state index in [1.54, 1.807) is 0 Å². The number of halogens is 1. The van der Waals surface area contributed by atoms with Crippen LogP contribution < -0.4 is 10.6 Å². The van der Waals surface area contributed by atoms with Crippen molar-refractivity contribution in [1.29, 1.82) is 0 Å². The minimum Gasteiger partial charge on any atom is -0.348 e. The van der Waals surface area contributed by atoms with Gasteiger partial charge in [-0.05, 0) is 31.0 Å². The smallest absolute Gasteiger partial charge is 0.268 e. The van der Waals surface area contributed by atoms with Gasteiger partial charge in [-0.2, -0.15) is 0 Å². The first-order valence-electron chi connectivity index (χ1n) is 7.54. The zero-order valence-electron chi connectivity index (χ0n) is 13.1. The van der Waals surface area contributed by atoms with Crippen LogP contribution in [0.3, 0.4) is 0 Å². The van der Waals surface area contributed by atoms with Gasteiger partial charge in [-0.15, -0.1) is 10.2 Å². The Morgan fingerprint density at radius 1 is 1.22 bits per heavy atom. The van der Waals surface area contributed by atoms with E-state index in [0.29, 0.717) is 0 Å². The monoisotopic (exact) mass is 318 g/mol. The van der Waals surface area contributed by atoms with Gasteiger partial charge in [0.25, 0.3) is 11.8 Å². The van der Waals surface area contributed by atoms with Gasteiger partial charge in [0.2, 0.25) is 0 Å². The first-order chi connectivity index (χ1) is 11.0. The van der Waals surface area contributed by atoms with Crippen LogP contribution in [0.2, 0.25) is 0 Å². The molecule has 1 aromatic carbocycles. The highest BCUT2D eigenvalue weighted by atomic mass is 19.1. The summed E-state index contributed by atoms with van der Waals surface area (Å²) in [5, 5.41) is 13.0. The zero-order valence-corrected chi connectivity index (χ0v) is 13.1. The van der Waals surface area contributed by atoms with Gasteiger partial charge in [-0.3, -0.25) is 9.59 Å². The third kappa shape index (κ3) is 4.45. The number of amides is 2. The summed E-state index contributed by atoms with van der Waals surface area (Å²) in [6.45, 7) is 3.98. The summed E-state index contributed by atoms with van der Waals surface area (Å²) in [6, 6.07) is 5.43. The lowest BCUT2D eigenvalue weighted by molar-refractivity contribution is -0.115. The van der Waals surface area contributed by atoms with Crippen molar-refractivity contribution in [2.45, 2.75) is 39.2 Å². The van der Waals surface area contributed by atoms with Gasteiger partial charge in [-0.1, -0.05) is 19.9 Å². The molecule has 122 valence electrons. The van der Waals surface area contributed by atoms with Crippen LogP contribution >= 0.6 is 0 Å². The molecule has 6 nitrogen and oxygen atoms in total. The van der Waals surface area contributed by atoms with Gasteiger partial charge in [0.1, 0.15) is 17.4 Å². The third-order valence-electron chi connectivity index (χ3n) is 3.55. The molecule has 0 bridgehead atoms. The molecule has 2 amide bonds. The van der Waals surface area contributed by atoms with Crippen molar-refractivity contribution in [2.24, 2.45) is 10.2 Å². The molecule has 1 aliphatic heterocycles. The summed E-state index contributed by atoms with van der Waals surface area (Å²) in [5.74, 6) is -0.987. The summed E-state index contributed by atoms with van der Waals surface area (Å²) < 4.78 is 13.1. The molecule has 0 spiro atoms. The normalized spacial score (nSPS) is 13.6. The van der Waals surface area contributed by atoms with Crippen molar-refractivity contribution >= 4 is 23.4 Å². The van der Waals surface area contributed by atoms with Gasteiger partial charge >= 0.3 is 0 Å². The molecule has 0 aromatic heterocycles.